The minimum Gasteiger partial charge on any atom is -0.478 e. The van der Waals surface area contributed by atoms with Crippen molar-refractivity contribution in [3.8, 4) is 0 Å². The maximum absolute atomic E-state index is 12.1. The zero-order valence-corrected chi connectivity index (χ0v) is 10.9. The first-order valence-corrected chi connectivity index (χ1v) is 6.38. The molecule has 1 aliphatic rings. The molecule has 0 unspecified atom stereocenters. The van der Waals surface area contributed by atoms with Crippen molar-refractivity contribution < 1.29 is 19.4 Å². The van der Waals surface area contributed by atoms with Crippen molar-refractivity contribution in [1.82, 2.24) is 0 Å². The fourth-order valence-corrected chi connectivity index (χ4v) is 2.35. The Morgan fingerprint density at radius 3 is 2.89 bits per heavy atom. The first-order chi connectivity index (χ1) is 9.15. The lowest BCUT2D eigenvalue weighted by Crippen LogP contribution is -2.38. The molecule has 0 saturated carbocycles. The molecule has 1 aromatic rings. The van der Waals surface area contributed by atoms with Gasteiger partial charge in [0.1, 0.15) is 6.61 Å². The van der Waals surface area contributed by atoms with Crippen molar-refractivity contribution in [2.75, 3.05) is 24.7 Å². The van der Waals surface area contributed by atoms with Gasteiger partial charge in [-0.15, -0.1) is 0 Å². The lowest BCUT2D eigenvalue weighted by atomic mass is 9.96. The third-order valence-corrected chi connectivity index (χ3v) is 3.21. The van der Waals surface area contributed by atoms with Gasteiger partial charge in [0.05, 0.1) is 5.56 Å². The summed E-state index contributed by atoms with van der Waals surface area (Å²) in [6.07, 6.45) is 1.46. The molecule has 0 spiro atoms. The van der Waals surface area contributed by atoms with E-state index in [0.29, 0.717) is 25.3 Å². The minimum atomic E-state index is -0.948. The number of ether oxygens (including phenoxy) is 1. The molecular weight excluding hydrogens is 246 g/mol. The second-order valence-electron chi connectivity index (χ2n) is 4.39. The average molecular weight is 263 g/mol. The van der Waals surface area contributed by atoms with E-state index >= 15 is 0 Å². The summed E-state index contributed by atoms with van der Waals surface area (Å²) in [7, 11) is 0. The normalized spacial score (nSPS) is 14.1. The maximum atomic E-state index is 12.1. The van der Waals surface area contributed by atoms with Gasteiger partial charge in [0.15, 0.2) is 0 Å². The van der Waals surface area contributed by atoms with Gasteiger partial charge in [-0.2, -0.15) is 0 Å². The summed E-state index contributed by atoms with van der Waals surface area (Å²) < 4.78 is 5.13. The summed E-state index contributed by atoms with van der Waals surface area (Å²) in [5.41, 5.74) is 1.73. The molecule has 1 amide bonds. The van der Waals surface area contributed by atoms with Crippen molar-refractivity contribution in [3.05, 3.63) is 29.3 Å². The Labute approximate surface area is 111 Å². The van der Waals surface area contributed by atoms with Crippen LogP contribution < -0.4 is 4.90 Å². The van der Waals surface area contributed by atoms with E-state index in [0.717, 1.165) is 12.0 Å². The maximum Gasteiger partial charge on any atom is 0.336 e. The molecule has 0 aromatic heterocycles. The molecule has 1 heterocycles. The van der Waals surface area contributed by atoms with Crippen molar-refractivity contribution in [2.45, 2.75) is 19.8 Å². The molecule has 19 heavy (non-hydrogen) atoms. The van der Waals surface area contributed by atoms with Crippen molar-refractivity contribution in [2.24, 2.45) is 0 Å². The monoisotopic (exact) mass is 263 g/mol. The Bertz CT molecular complexity index is 498. The number of nitrogens with zero attached hydrogens (tertiary/aromatic N) is 1. The van der Waals surface area contributed by atoms with Crippen LogP contribution >= 0.6 is 0 Å². The second kappa shape index (κ2) is 5.84. The number of amides is 1. The number of anilines is 1. The molecule has 0 fully saturated rings. The van der Waals surface area contributed by atoms with Gasteiger partial charge < -0.3 is 14.7 Å². The lowest BCUT2D eigenvalue weighted by Gasteiger charge is -2.30. The van der Waals surface area contributed by atoms with Crippen LogP contribution in [-0.4, -0.2) is 36.7 Å². The van der Waals surface area contributed by atoms with Crippen LogP contribution in [0.2, 0.25) is 0 Å². The predicted octanol–water partition coefficient (Wildman–Crippen LogP) is 1.70. The minimum absolute atomic E-state index is 0.0350. The molecule has 5 heteroatoms. The number of carboxylic acids is 1. The molecule has 1 aliphatic heterocycles. The Hall–Kier alpha value is -1.88. The summed E-state index contributed by atoms with van der Waals surface area (Å²) in [6.45, 7) is 2.97. The number of carbonyl (C=O) groups excluding carboxylic acids is 1. The zero-order valence-electron chi connectivity index (χ0n) is 10.9. The van der Waals surface area contributed by atoms with Gasteiger partial charge in [0.2, 0.25) is 0 Å². The van der Waals surface area contributed by atoms with E-state index in [-0.39, 0.29) is 18.1 Å². The van der Waals surface area contributed by atoms with Crippen LogP contribution in [0.3, 0.4) is 0 Å². The van der Waals surface area contributed by atoms with Gasteiger partial charge in [0.25, 0.3) is 5.91 Å². The first-order valence-electron chi connectivity index (χ1n) is 6.38. The summed E-state index contributed by atoms with van der Waals surface area (Å²) >= 11 is 0. The number of rotatable bonds is 4. The topological polar surface area (TPSA) is 66.8 Å². The lowest BCUT2D eigenvalue weighted by molar-refractivity contribution is -0.123. The quantitative estimate of drug-likeness (QED) is 0.897. The number of fused-ring (bicyclic) bond motifs is 1. The van der Waals surface area contributed by atoms with E-state index < -0.39 is 5.97 Å². The molecular formula is C14H17NO4. The van der Waals surface area contributed by atoms with Crippen LogP contribution in [0.4, 0.5) is 5.69 Å². The molecule has 102 valence electrons. The van der Waals surface area contributed by atoms with E-state index in [4.69, 9.17) is 4.74 Å². The fourth-order valence-electron chi connectivity index (χ4n) is 2.35. The standard InChI is InChI=1S/C14H17NO4/c1-2-19-9-13(16)15-8-4-6-10-11(14(17)18)5-3-7-12(10)15/h3,5,7H,2,4,6,8-9H2,1H3,(H,17,18). The summed E-state index contributed by atoms with van der Waals surface area (Å²) in [4.78, 5) is 24.9. The highest BCUT2D eigenvalue weighted by molar-refractivity contribution is 5.98. The number of benzene rings is 1. The Balaban J connectivity index is 2.32. The van der Waals surface area contributed by atoms with E-state index in [1.807, 2.05) is 6.92 Å². The first kappa shape index (κ1) is 13.5. The number of carbonyl (C=O) groups is 2. The van der Waals surface area contributed by atoms with E-state index in [1.54, 1.807) is 23.1 Å². The number of aromatic carboxylic acids is 1. The fraction of sp³-hybridized carbons (Fsp3) is 0.429. The number of carboxylic acid groups (broad SMARTS) is 1. The third-order valence-electron chi connectivity index (χ3n) is 3.21. The van der Waals surface area contributed by atoms with Crippen LogP contribution in [0.5, 0.6) is 0 Å². The smallest absolute Gasteiger partial charge is 0.336 e. The summed E-state index contributed by atoms with van der Waals surface area (Å²) in [5.74, 6) is -1.07. The van der Waals surface area contributed by atoms with Gasteiger partial charge in [-0.25, -0.2) is 4.79 Å². The second-order valence-corrected chi connectivity index (χ2v) is 4.39. The highest BCUT2D eigenvalue weighted by Crippen LogP contribution is 2.30. The zero-order chi connectivity index (χ0) is 13.8. The van der Waals surface area contributed by atoms with Crippen LogP contribution in [0.25, 0.3) is 0 Å². The van der Waals surface area contributed by atoms with Gasteiger partial charge in [-0.3, -0.25) is 4.79 Å². The van der Waals surface area contributed by atoms with E-state index in [2.05, 4.69) is 0 Å². The Morgan fingerprint density at radius 1 is 1.42 bits per heavy atom. The highest BCUT2D eigenvalue weighted by atomic mass is 16.5. The summed E-state index contributed by atoms with van der Waals surface area (Å²) in [5, 5.41) is 9.18. The van der Waals surface area contributed by atoms with Crippen molar-refractivity contribution >= 4 is 17.6 Å². The van der Waals surface area contributed by atoms with E-state index in [9.17, 15) is 14.7 Å². The third kappa shape index (κ3) is 2.76. The number of hydrogen-bond acceptors (Lipinski definition) is 3. The molecule has 0 aliphatic carbocycles. The molecule has 0 saturated heterocycles. The van der Waals surface area contributed by atoms with Crippen LogP contribution in [-0.2, 0) is 16.0 Å². The van der Waals surface area contributed by atoms with Crippen LogP contribution in [0, 0.1) is 0 Å². The Kier molecular flexibility index (Phi) is 4.16. The molecule has 1 aromatic carbocycles. The SMILES string of the molecule is CCOCC(=O)N1CCCc2c(C(=O)O)cccc21. The molecule has 1 N–H and O–H groups in total. The van der Waals surface area contributed by atoms with Gasteiger partial charge in [-0.05, 0) is 37.5 Å². The van der Waals surface area contributed by atoms with Crippen LogP contribution in [0.1, 0.15) is 29.3 Å². The van der Waals surface area contributed by atoms with Crippen LogP contribution in [0.15, 0.2) is 18.2 Å². The largest absolute Gasteiger partial charge is 0.478 e. The number of hydrogen-bond donors (Lipinski definition) is 1. The predicted molar refractivity (Wildman–Crippen MR) is 70.6 cm³/mol. The summed E-state index contributed by atoms with van der Waals surface area (Å²) in [6, 6.07) is 5.05. The molecule has 0 atom stereocenters. The average Bonchev–Trinajstić information content (AvgIpc) is 2.43. The van der Waals surface area contributed by atoms with Gasteiger partial charge in [0, 0.05) is 18.8 Å². The van der Waals surface area contributed by atoms with Crippen molar-refractivity contribution in [3.63, 3.8) is 0 Å². The van der Waals surface area contributed by atoms with Gasteiger partial charge in [-0.1, -0.05) is 6.07 Å². The van der Waals surface area contributed by atoms with Crippen molar-refractivity contribution in [1.29, 1.82) is 0 Å². The highest BCUT2D eigenvalue weighted by Gasteiger charge is 2.25. The molecule has 0 radical (unpaired) electrons. The molecule has 2 rings (SSSR count). The Morgan fingerprint density at radius 2 is 2.21 bits per heavy atom. The van der Waals surface area contributed by atoms with Gasteiger partial charge >= 0.3 is 5.97 Å². The molecule has 5 nitrogen and oxygen atoms in total. The van der Waals surface area contributed by atoms with E-state index in [1.165, 1.54) is 0 Å². The molecule has 0 bridgehead atoms.